The Balaban J connectivity index is 1.66. The van der Waals surface area contributed by atoms with Crippen molar-refractivity contribution in [2.75, 3.05) is 13.1 Å². The standard InChI is InChI=1S/C16H17N5/c17-8-13-4-3-7-21(11-13)12-14-9-19-16(20-10-14)15-5-1-2-6-18-15/h1-2,5-6,9-10,13H,3-4,7,11-12H2. The van der Waals surface area contributed by atoms with Gasteiger partial charge in [-0.2, -0.15) is 5.26 Å². The molecule has 5 heteroatoms. The Hall–Kier alpha value is -2.32. The first-order valence-electron chi connectivity index (χ1n) is 7.19. The summed E-state index contributed by atoms with van der Waals surface area (Å²) in [5, 5.41) is 9.03. The number of nitriles is 1. The molecule has 0 radical (unpaired) electrons. The molecule has 0 spiro atoms. The van der Waals surface area contributed by atoms with E-state index < -0.39 is 0 Å². The molecule has 1 atom stereocenters. The van der Waals surface area contributed by atoms with Gasteiger partial charge in [-0.15, -0.1) is 0 Å². The minimum atomic E-state index is 0.160. The highest BCUT2D eigenvalue weighted by atomic mass is 15.1. The first-order chi connectivity index (χ1) is 10.3. The zero-order valence-electron chi connectivity index (χ0n) is 11.8. The summed E-state index contributed by atoms with van der Waals surface area (Å²) >= 11 is 0. The molecule has 3 heterocycles. The van der Waals surface area contributed by atoms with Crippen molar-refractivity contribution in [1.29, 1.82) is 5.26 Å². The smallest absolute Gasteiger partial charge is 0.178 e. The van der Waals surface area contributed by atoms with Gasteiger partial charge in [-0.05, 0) is 31.5 Å². The maximum absolute atomic E-state index is 9.03. The Morgan fingerprint density at radius 3 is 2.81 bits per heavy atom. The van der Waals surface area contributed by atoms with Crippen LogP contribution < -0.4 is 0 Å². The highest BCUT2D eigenvalue weighted by molar-refractivity contribution is 5.47. The van der Waals surface area contributed by atoms with Crippen LogP contribution >= 0.6 is 0 Å². The van der Waals surface area contributed by atoms with Crippen molar-refractivity contribution in [1.82, 2.24) is 19.9 Å². The molecule has 0 aliphatic carbocycles. The molecule has 21 heavy (non-hydrogen) atoms. The van der Waals surface area contributed by atoms with Gasteiger partial charge in [-0.1, -0.05) is 6.07 Å². The predicted octanol–water partition coefficient (Wildman–Crippen LogP) is 2.27. The van der Waals surface area contributed by atoms with Crippen LogP contribution in [0.15, 0.2) is 36.8 Å². The monoisotopic (exact) mass is 279 g/mol. The van der Waals surface area contributed by atoms with Gasteiger partial charge in [0.25, 0.3) is 0 Å². The Kier molecular flexibility index (Phi) is 4.17. The summed E-state index contributed by atoms with van der Waals surface area (Å²) in [4.78, 5) is 15.3. The molecule has 2 aromatic heterocycles. The second kappa shape index (κ2) is 6.42. The van der Waals surface area contributed by atoms with Crippen LogP contribution in [0, 0.1) is 17.2 Å². The van der Waals surface area contributed by atoms with Crippen molar-refractivity contribution >= 4 is 0 Å². The van der Waals surface area contributed by atoms with E-state index in [1.165, 1.54) is 0 Å². The van der Waals surface area contributed by atoms with E-state index >= 15 is 0 Å². The number of hydrogen-bond donors (Lipinski definition) is 0. The molecule has 106 valence electrons. The Morgan fingerprint density at radius 1 is 1.24 bits per heavy atom. The first kappa shape index (κ1) is 13.7. The van der Waals surface area contributed by atoms with Gasteiger partial charge in [0.1, 0.15) is 5.69 Å². The lowest BCUT2D eigenvalue weighted by atomic mass is 9.99. The number of rotatable bonds is 3. The molecule has 0 amide bonds. The molecule has 3 rings (SSSR count). The van der Waals surface area contributed by atoms with Crippen molar-refractivity contribution in [2.24, 2.45) is 5.92 Å². The maximum atomic E-state index is 9.03. The number of aromatic nitrogens is 3. The third-order valence-electron chi connectivity index (χ3n) is 3.69. The molecule has 1 aliphatic rings. The number of likely N-dealkylation sites (tertiary alicyclic amines) is 1. The van der Waals surface area contributed by atoms with Crippen LogP contribution in [0.4, 0.5) is 0 Å². The second-order valence-corrected chi connectivity index (χ2v) is 5.33. The zero-order valence-corrected chi connectivity index (χ0v) is 11.8. The van der Waals surface area contributed by atoms with E-state index in [4.69, 9.17) is 5.26 Å². The molecule has 5 nitrogen and oxygen atoms in total. The van der Waals surface area contributed by atoms with Gasteiger partial charge in [0, 0.05) is 37.2 Å². The predicted molar refractivity (Wildman–Crippen MR) is 78.9 cm³/mol. The van der Waals surface area contributed by atoms with Crippen LogP contribution in [0.1, 0.15) is 18.4 Å². The van der Waals surface area contributed by atoms with Gasteiger partial charge in [0.05, 0.1) is 12.0 Å². The molecule has 0 saturated carbocycles. The molecule has 0 aromatic carbocycles. The average Bonchev–Trinajstić information content (AvgIpc) is 2.56. The quantitative estimate of drug-likeness (QED) is 0.862. The fraction of sp³-hybridized carbons (Fsp3) is 0.375. The SMILES string of the molecule is N#CC1CCCN(Cc2cnc(-c3ccccn3)nc2)C1. The van der Waals surface area contributed by atoms with Crippen LogP contribution in [0.5, 0.6) is 0 Å². The summed E-state index contributed by atoms with van der Waals surface area (Å²) in [6.45, 7) is 2.69. The minimum absolute atomic E-state index is 0.160. The molecule has 1 unspecified atom stereocenters. The lowest BCUT2D eigenvalue weighted by Gasteiger charge is -2.29. The molecule has 1 fully saturated rings. The number of hydrogen-bond acceptors (Lipinski definition) is 5. The molecule has 2 aromatic rings. The topological polar surface area (TPSA) is 65.7 Å². The summed E-state index contributed by atoms with van der Waals surface area (Å²) in [5.41, 5.74) is 1.86. The van der Waals surface area contributed by atoms with Gasteiger partial charge in [0.2, 0.25) is 0 Å². The normalized spacial score (nSPS) is 19.1. The molecule has 0 N–H and O–H groups in total. The first-order valence-corrected chi connectivity index (χ1v) is 7.19. The summed E-state index contributed by atoms with van der Waals surface area (Å²) < 4.78 is 0. The molecule has 1 aliphatic heterocycles. The lowest BCUT2D eigenvalue weighted by molar-refractivity contribution is 0.192. The van der Waals surface area contributed by atoms with E-state index in [0.717, 1.165) is 43.7 Å². The van der Waals surface area contributed by atoms with Crippen LogP contribution in [-0.2, 0) is 6.54 Å². The highest BCUT2D eigenvalue weighted by Gasteiger charge is 2.19. The Labute approximate surface area is 124 Å². The van der Waals surface area contributed by atoms with E-state index in [2.05, 4.69) is 25.9 Å². The summed E-state index contributed by atoms with van der Waals surface area (Å²) in [6.07, 6.45) is 7.55. The lowest BCUT2D eigenvalue weighted by Crippen LogP contribution is -2.34. The van der Waals surface area contributed by atoms with Gasteiger partial charge in [-0.25, -0.2) is 9.97 Å². The minimum Gasteiger partial charge on any atom is -0.298 e. The van der Waals surface area contributed by atoms with Gasteiger partial charge in [0.15, 0.2) is 5.82 Å². The van der Waals surface area contributed by atoms with E-state index in [-0.39, 0.29) is 5.92 Å². The van der Waals surface area contributed by atoms with Crippen molar-refractivity contribution in [3.8, 4) is 17.6 Å². The largest absolute Gasteiger partial charge is 0.298 e. The Morgan fingerprint density at radius 2 is 2.10 bits per heavy atom. The average molecular weight is 279 g/mol. The summed E-state index contributed by atoms with van der Waals surface area (Å²) in [7, 11) is 0. The third-order valence-corrected chi connectivity index (χ3v) is 3.69. The van der Waals surface area contributed by atoms with Crippen LogP contribution in [0.3, 0.4) is 0 Å². The summed E-state index contributed by atoms with van der Waals surface area (Å²) in [5.74, 6) is 0.806. The highest BCUT2D eigenvalue weighted by Crippen LogP contribution is 2.18. The van der Waals surface area contributed by atoms with Crippen LogP contribution in [0.25, 0.3) is 11.5 Å². The second-order valence-electron chi connectivity index (χ2n) is 5.33. The maximum Gasteiger partial charge on any atom is 0.178 e. The van der Waals surface area contributed by atoms with Gasteiger partial charge in [-0.3, -0.25) is 9.88 Å². The molecular formula is C16H17N5. The number of piperidine rings is 1. The van der Waals surface area contributed by atoms with Crippen LogP contribution in [-0.4, -0.2) is 32.9 Å². The van der Waals surface area contributed by atoms with E-state index in [1.807, 2.05) is 30.6 Å². The van der Waals surface area contributed by atoms with Crippen molar-refractivity contribution in [3.63, 3.8) is 0 Å². The van der Waals surface area contributed by atoms with E-state index in [9.17, 15) is 0 Å². The number of nitrogens with zero attached hydrogens (tertiary/aromatic N) is 5. The van der Waals surface area contributed by atoms with Gasteiger partial charge < -0.3 is 0 Å². The molecule has 1 saturated heterocycles. The number of pyridine rings is 1. The molecular weight excluding hydrogens is 262 g/mol. The zero-order chi connectivity index (χ0) is 14.5. The third kappa shape index (κ3) is 3.41. The van der Waals surface area contributed by atoms with E-state index in [1.54, 1.807) is 6.20 Å². The summed E-state index contributed by atoms with van der Waals surface area (Å²) in [6, 6.07) is 8.07. The van der Waals surface area contributed by atoms with Gasteiger partial charge >= 0.3 is 0 Å². The van der Waals surface area contributed by atoms with Crippen LogP contribution in [0.2, 0.25) is 0 Å². The Bertz CT molecular complexity index is 617. The fourth-order valence-corrected chi connectivity index (χ4v) is 2.63. The molecule has 0 bridgehead atoms. The van der Waals surface area contributed by atoms with E-state index in [0.29, 0.717) is 5.82 Å². The van der Waals surface area contributed by atoms with Crippen molar-refractivity contribution in [2.45, 2.75) is 19.4 Å². The fourth-order valence-electron chi connectivity index (χ4n) is 2.63. The van der Waals surface area contributed by atoms with Crippen molar-refractivity contribution < 1.29 is 0 Å². The van der Waals surface area contributed by atoms with Crippen molar-refractivity contribution in [3.05, 3.63) is 42.4 Å².